The van der Waals surface area contributed by atoms with Gasteiger partial charge in [-0.2, -0.15) is 0 Å². The van der Waals surface area contributed by atoms with E-state index in [-0.39, 0.29) is 18.7 Å². The van der Waals surface area contributed by atoms with E-state index in [1.165, 1.54) is 167 Å². The van der Waals surface area contributed by atoms with Crippen molar-refractivity contribution >= 4 is 11.9 Å². The number of aliphatic carboxylic acids is 1. The van der Waals surface area contributed by atoms with Crippen LogP contribution in [-0.2, 0) is 9.59 Å². The number of hydrogen-bond acceptors (Lipinski definition) is 2. The molecule has 0 rings (SSSR count). The van der Waals surface area contributed by atoms with Gasteiger partial charge in [0.25, 0.3) is 0 Å². The molecule has 40 heavy (non-hydrogen) atoms. The maximum absolute atomic E-state index is 12.6. The average molecular weight is 566 g/mol. The first-order valence-corrected chi connectivity index (χ1v) is 18.1. The Bertz CT molecular complexity index is 504. The van der Waals surface area contributed by atoms with Crippen molar-refractivity contribution in [2.75, 3.05) is 13.1 Å². The number of nitrogens with zero attached hydrogens (tertiary/aromatic N) is 1. The Labute approximate surface area is 250 Å². The molecule has 1 amide bonds. The third kappa shape index (κ3) is 29.9. The van der Waals surface area contributed by atoms with Crippen LogP contribution in [0.2, 0.25) is 0 Å². The Morgan fingerprint density at radius 3 is 0.900 bits per heavy atom. The smallest absolute Gasteiger partial charge is 0.303 e. The maximum Gasteiger partial charge on any atom is 0.303 e. The standard InChI is InChI=1S/C36H71NO3/c1-3-5-7-9-11-13-15-17-19-21-23-25-27-29-33-37(35(38)31-32-36(39)40)34-30-28-26-24-22-20-18-16-14-12-10-8-6-4-2/h3-34H2,1-2H3,(H,39,40). The normalized spacial score (nSPS) is 11.2. The Hall–Kier alpha value is -1.06. The highest BCUT2D eigenvalue weighted by Gasteiger charge is 2.14. The van der Waals surface area contributed by atoms with Crippen molar-refractivity contribution in [2.45, 2.75) is 206 Å². The van der Waals surface area contributed by atoms with E-state index in [1.807, 2.05) is 4.90 Å². The maximum atomic E-state index is 12.6. The van der Waals surface area contributed by atoms with Gasteiger partial charge in [-0.05, 0) is 12.8 Å². The molecule has 0 saturated carbocycles. The minimum absolute atomic E-state index is 0.0341. The highest BCUT2D eigenvalue weighted by Crippen LogP contribution is 2.15. The molecule has 0 aliphatic carbocycles. The van der Waals surface area contributed by atoms with Gasteiger partial charge in [-0.1, -0.05) is 181 Å². The second kappa shape index (κ2) is 32.5. The summed E-state index contributed by atoms with van der Waals surface area (Å²) in [5.74, 6) is -0.840. The Balaban J connectivity index is 3.80. The van der Waals surface area contributed by atoms with Crippen LogP contribution in [0.25, 0.3) is 0 Å². The van der Waals surface area contributed by atoms with Crippen LogP contribution >= 0.6 is 0 Å². The van der Waals surface area contributed by atoms with Gasteiger partial charge in [-0.15, -0.1) is 0 Å². The number of unbranched alkanes of at least 4 members (excludes halogenated alkanes) is 26. The first-order chi connectivity index (χ1) is 19.6. The van der Waals surface area contributed by atoms with Gasteiger partial charge < -0.3 is 10.0 Å². The molecule has 4 nitrogen and oxygen atoms in total. The molecule has 0 aromatic rings. The third-order valence-electron chi connectivity index (χ3n) is 8.47. The molecule has 0 aromatic carbocycles. The van der Waals surface area contributed by atoms with Gasteiger partial charge in [0.1, 0.15) is 0 Å². The van der Waals surface area contributed by atoms with Crippen molar-refractivity contribution < 1.29 is 14.7 Å². The lowest BCUT2D eigenvalue weighted by atomic mass is 10.0. The third-order valence-corrected chi connectivity index (χ3v) is 8.47. The second-order valence-corrected chi connectivity index (χ2v) is 12.5. The molecule has 0 radical (unpaired) electrons. The second-order valence-electron chi connectivity index (χ2n) is 12.5. The van der Waals surface area contributed by atoms with Gasteiger partial charge >= 0.3 is 5.97 Å². The molecule has 0 aromatic heterocycles. The molecule has 1 N–H and O–H groups in total. The number of carbonyl (C=O) groups excluding carboxylic acids is 1. The van der Waals surface area contributed by atoms with E-state index in [1.54, 1.807) is 0 Å². The van der Waals surface area contributed by atoms with Crippen LogP contribution in [0.5, 0.6) is 0 Å². The zero-order valence-corrected chi connectivity index (χ0v) is 27.3. The van der Waals surface area contributed by atoms with E-state index in [4.69, 9.17) is 5.11 Å². The number of carboxylic acid groups (broad SMARTS) is 1. The molecule has 0 spiro atoms. The van der Waals surface area contributed by atoms with Crippen LogP contribution in [0, 0.1) is 0 Å². The van der Waals surface area contributed by atoms with Crippen LogP contribution in [-0.4, -0.2) is 35.0 Å². The lowest BCUT2D eigenvalue weighted by Gasteiger charge is -2.22. The molecule has 0 heterocycles. The predicted molar refractivity (Wildman–Crippen MR) is 174 cm³/mol. The lowest BCUT2D eigenvalue weighted by Crippen LogP contribution is -2.33. The quantitative estimate of drug-likeness (QED) is 0.0805. The number of carbonyl (C=O) groups is 2. The summed E-state index contributed by atoms with van der Waals surface area (Å²) in [5.41, 5.74) is 0. The molecular formula is C36H71NO3. The minimum atomic E-state index is -0.874. The fraction of sp³-hybridized carbons (Fsp3) is 0.944. The van der Waals surface area contributed by atoms with Crippen LogP contribution in [0.3, 0.4) is 0 Å². The van der Waals surface area contributed by atoms with E-state index in [0.717, 1.165) is 25.9 Å². The van der Waals surface area contributed by atoms with Gasteiger partial charge in [-0.3, -0.25) is 9.59 Å². The average Bonchev–Trinajstić information content (AvgIpc) is 2.95. The van der Waals surface area contributed by atoms with Crippen molar-refractivity contribution in [3.63, 3.8) is 0 Å². The lowest BCUT2D eigenvalue weighted by molar-refractivity contribution is -0.141. The summed E-state index contributed by atoms with van der Waals surface area (Å²) in [5, 5.41) is 8.99. The van der Waals surface area contributed by atoms with Gasteiger partial charge in [0.2, 0.25) is 5.91 Å². The summed E-state index contributed by atoms with van der Waals surface area (Å²) in [7, 11) is 0. The highest BCUT2D eigenvalue weighted by molar-refractivity contribution is 5.80. The summed E-state index contributed by atoms with van der Waals surface area (Å²) in [4.78, 5) is 25.6. The van der Waals surface area contributed by atoms with Gasteiger partial charge in [0.15, 0.2) is 0 Å². The van der Waals surface area contributed by atoms with Gasteiger partial charge in [0.05, 0.1) is 6.42 Å². The van der Waals surface area contributed by atoms with Crippen molar-refractivity contribution in [3.8, 4) is 0 Å². The summed E-state index contributed by atoms with van der Waals surface area (Å²) >= 11 is 0. The molecule has 0 saturated heterocycles. The fourth-order valence-corrected chi connectivity index (χ4v) is 5.73. The topological polar surface area (TPSA) is 57.6 Å². The molecule has 4 heteroatoms. The van der Waals surface area contributed by atoms with Crippen molar-refractivity contribution in [3.05, 3.63) is 0 Å². The molecule has 0 unspecified atom stereocenters. The summed E-state index contributed by atoms with van der Waals surface area (Å²) in [6, 6.07) is 0. The van der Waals surface area contributed by atoms with E-state index in [0.29, 0.717) is 0 Å². The fourth-order valence-electron chi connectivity index (χ4n) is 5.73. The minimum Gasteiger partial charge on any atom is -0.481 e. The highest BCUT2D eigenvalue weighted by atomic mass is 16.4. The Morgan fingerprint density at radius 2 is 0.650 bits per heavy atom. The number of hydrogen-bond donors (Lipinski definition) is 1. The molecule has 0 atom stereocenters. The number of carboxylic acids is 1. The van der Waals surface area contributed by atoms with Crippen LogP contribution < -0.4 is 0 Å². The zero-order valence-electron chi connectivity index (χ0n) is 27.3. The van der Waals surface area contributed by atoms with Crippen molar-refractivity contribution in [1.29, 1.82) is 0 Å². The summed E-state index contributed by atoms with van der Waals surface area (Å²) in [6.07, 6.45) is 37.5. The monoisotopic (exact) mass is 566 g/mol. The molecular weight excluding hydrogens is 494 g/mol. The first-order valence-electron chi connectivity index (χ1n) is 18.1. The van der Waals surface area contributed by atoms with Crippen molar-refractivity contribution in [1.82, 2.24) is 4.90 Å². The summed E-state index contributed by atoms with van der Waals surface area (Å²) in [6.45, 7) is 6.16. The van der Waals surface area contributed by atoms with E-state index >= 15 is 0 Å². The molecule has 0 fully saturated rings. The Kier molecular flexibility index (Phi) is 31.6. The largest absolute Gasteiger partial charge is 0.481 e. The summed E-state index contributed by atoms with van der Waals surface area (Å²) < 4.78 is 0. The van der Waals surface area contributed by atoms with Crippen LogP contribution in [0.1, 0.15) is 206 Å². The number of amides is 1. The van der Waals surface area contributed by atoms with E-state index in [2.05, 4.69) is 13.8 Å². The van der Waals surface area contributed by atoms with Crippen LogP contribution in [0.15, 0.2) is 0 Å². The van der Waals surface area contributed by atoms with Gasteiger partial charge in [-0.25, -0.2) is 0 Å². The van der Waals surface area contributed by atoms with E-state index < -0.39 is 5.97 Å². The zero-order chi connectivity index (χ0) is 29.4. The van der Waals surface area contributed by atoms with E-state index in [9.17, 15) is 9.59 Å². The molecule has 238 valence electrons. The number of rotatable bonds is 33. The Morgan fingerprint density at radius 1 is 0.400 bits per heavy atom. The van der Waals surface area contributed by atoms with Gasteiger partial charge in [0, 0.05) is 19.5 Å². The molecule has 0 aliphatic rings. The molecule has 0 bridgehead atoms. The first kappa shape index (κ1) is 38.9. The predicted octanol–water partition coefficient (Wildman–Crippen LogP) is 11.6. The SMILES string of the molecule is CCCCCCCCCCCCCCCCN(CCCCCCCCCCCCCCCC)C(=O)CCC(=O)O. The van der Waals surface area contributed by atoms with Crippen LogP contribution in [0.4, 0.5) is 0 Å². The molecule has 0 aliphatic heterocycles. The van der Waals surface area contributed by atoms with Crippen molar-refractivity contribution in [2.24, 2.45) is 0 Å².